The molecule has 10 N–H and O–H groups in total. The van der Waals surface area contributed by atoms with Crippen molar-refractivity contribution in [3.05, 3.63) is 88.0 Å². The average Bonchev–Trinajstić information content (AvgIpc) is 3.07. The molecule has 0 aromatic heterocycles. The van der Waals surface area contributed by atoms with Crippen LogP contribution in [0.5, 0.6) is 17.2 Å². The van der Waals surface area contributed by atoms with Crippen LogP contribution in [0.2, 0.25) is 0 Å². The van der Waals surface area contributed by atoms with E-state index in [9.17, 15) is 60.7 Å². The Morgan fingerprint density at radius 3 is 2.10 bits per heavy atom. The van der Waals surface area contributed by atoms with E-state index in [-0.39, 0.29) is 16.7 Å². The number of carbonyl (C=O) groups excluding carboxylic acids is 2. The number of aliphatic hydroxyl groups excluding tert-OH is 7. The number of benzene rings is 3. The van der Waals surface area contributed by atoms with Gasteiger partial charge in [-0.2, -0.15) is 0 Å². The van der Waals surface area contributed by atoms with Crippen LogP contribution in [0.25, 0.3) is 0 Å². The lowest BCUT2D eigenvalue weighted by Gasteiger charge is -2.49. The molecule has 0 saturated carbocycles. The highest BCUT2D eigenvalue weighted by Gasteiger charge is 2.59. The van der Waals surface area contributed by atoms with Gasteiger partial charge in [-0.15, -0.1) is 0 Å². The second-order valence-corrected chi connectivity index (χ2v) is 12.2. The molecule has 262 valence electrons. The van der Waals surface area contributed by atoms with E-state index in [0.29, 0.717) is 0 Å². The molecule has 1 aliphatic carbocycles. The molecule has 6 rings (SSSR count). The summed E-state index contributed by atoms with van der Waals surface area (Å²) in [5, 5.41) is 108. The lowest BCUT2D eigenvalue weighted by Crippen LogP contribution is -2.65. The van der Waals surface area contributed by atoms with Gasteiger partial charge in [0.2, 0.25) is 18.4 Å². The van der Waals surface area contributed by atoms with Gasteiger partial charge in [-0.1, -0.05) is 24.3 Å². The summed E-state index contributed by atoms with van der Waals surface area (Å²) in [5.74, 6) is -3.86. The van der Waals surface area contributed by atoms with Gasteiger partial charge >= 0.3 is 5.97 Å². The van der Waals surface area contributed by atoms with Gasteiger partial charge in [0.15, 0.2) is 0 Å². The Bertz CT molecular complexity index is 1750. The number of carbonyl (C=O) groups is 2. The molecule has 49 heavy (non-hydrogen) atoms. The van der Waals surface area contributed by atoms with Gasteiger partial charge in [0.1, 0.15) is 71.7 Å². The van der Waals surface area contributed by atoms with E-state index in [1.54, 1.807) is 6.07 Å². The highest BCUT2D eigenvalue weighted by atomic mass is 16.7. The van der Waals surface area contributed by atoms with Crippen molar-refractivity contribution in [2.45, 2.75) is 73.9 Å². The number of phenolic OH excluding ortho intramolecular Hbond substituents is 2. The zero-order valence-corrected chi connectivity index (χ0v) is 25.6. The van der Waals surface area contributed by atoms with Crippen molar-refractivity contribution < 1.29 is 79.6 Å². The van der Waals surface area contributed by atoms with Crippen molar-refractivity contribution >= 4 is 11.8 Å². The highest BCUT2D eigenvalue weighted by molar-refractivity contribution is 6.16. The molecule has 11 atom stereocenters. The predicted molar refractivity (Wildman–Crippen MR) is 160 cm³/mol. The third kappa shape index (κ3) is 5.71. The Hall–Kier alpha value is -4.20. The second-order valence-electron chi connectivity index (χ2n) is 12.2. The Morgan fingerprint density at radius 1 is 0.796 bits per heavy atom. The molecule has 0 bridgehead atoms. The molecule has 2 saturated heterocycles. The molecular weight excluding hydrogens is 652 g/mol. The van der Waals surface area contributed by atoms with Crippen LogP contribution in [0, 0.1) is 6.92 Å². The summed E-state index contributed by atoms with van der Waals surface area (Å²) in [6.07, 6.45) is -19.1. The molecule has 11 unspecified atom stereocenters. The quantitative estimate of drug-likeness (QED) is 0.126. The fourth-order valence-electron chi connectivity index (χ4n) is 6.44. The standard InChI is InChI=1S/C33H34O16/c1-12-7-15-21(18(8-12)46-31-27(42)24(39)22(37)19(11-34)47-31)23(38)20-16(9-14(35)10-17(20)36)33(15,45)29-26(41)25(40)28(43)32(48-29)49-30(44)13-5-3-2-4-6-13/h2-10,19,22,24-29,31-32,34-37,39-43,45H,11H2,1H3. The minimum atomic E-state index is -2.80. The molecule has 16 heteroatoms. The molecular formula is C33H34O16. The molecule has 3 aromatic carbocycles. The molecule has 2 fully saturated rings. The first-order valence-corrected chi connectivity index (χ1v) is 15.1. The number of aryl methyl sites for hydroxylation is 1. The van der Waals surface area contributed by atoms with E-state index in [1.807, 2.05) is 0 Å². The summed E-state index contributed by atoms with van der Waals surface area (Å²) in [6, 6.07) is 11.8. The fraction of sp³-hybridized carbons (Fsp3) is 0.394. The number of hydrogen-bond acceptors (Lipinski definition) is 16. The molecule has 16 nitrogen and oxygen atoms in total. The molecule has 2 aliphatic heterocycles. The third-order valence-corrected chi connectivity index (χ3v) is 8.93. The van der Waals surface area contributed by atoms with Crippen LogP contribution >= 0.6 is 0 Å². The van der Waals surface area contributed by atoms with E-state index < -0.39 is 119 Å². The van der Waals surface area contributed by atoms with Crippen molar-refractivity contribution in [3.63, 3.8) is 0 Å². The predicted octanol–water partition coefficient (Wildman–Crippen LogP) is -1.97. The summed E-state index contributed by atoms with van der Waals surface area (Å²) in [5.41, 5.74) is -4.48. The van der Waals surface area contributed by atoms with Crippen LogP contribution in [0.3, 0.4) is 0 Å². The number of ketones is 1. The number of hydrogen-bond donors (Lipinski definition) is 10. The number of fused-ring (bicyclic) bond motifs is 2. The van der Waals surface area contributed by atoms with Crippen molar-refractivity contribution in [3.8, 4) is 17.2 Å². The van der Waals surface area contributed by atoms with E-state index in [4.69, 9.17) is 18.9 Å². The van der Waals surface area contributed by atoms with Crippen LogP contribution in [0.15, 0.2) is 54.6 Å². The van der Waals surface area contributed by atoms with Crippen molar-refractivity contribution in [1.29, 1.82) is 0 Å². The summed E-state index contributed by atoms with van der Waals surface area (Å²) in [6.45, 7) is 0.712. The van der Waals surface area contributed by atoms with Gasteiger partial charge < -0.3 is 70.0 Å². The number of phenols is 2. The first-order valence-electron chi connectivity index (χ1n) is 15.1. The number of esters is 1. The Kier molecular flexibility index (Phi) is 9.14. The van der Waals surface area contributed by atoms with Gasteiger partial charge in [0.25, 0.3) is 0 Å². The maximum Gasteiger partial charge on any atom is 0.340 e. The highest BCUT2D eigenvalue weighted by Crippen LogP contribution is 2.51. The number of aliphatic hydroxyl groups is 8. The van der Waals surface area contributed by atoms with Gasteiger partial charge in [-0.05, 0) is 36.8 Å². The summed E-state index contributed by atoms with van der Waals surface area (Å²) < 4.78 is 22.4. The van der Waals surface area contributed by atoms with Crippen LogP contribution in [0.1, 0.15) is 43.0 Å². The Labute approximate surface area is 277 Å². The van der Waals surface area contributed by atoms with E-state index in [1.165, 1.54) is 43.3 Å². The zero-order valence-electron chi connectivity index (χ0n) is 25.6. The lowest BCUT2D eigenvalue weighted by atomic mass is 9.68. The van der Waals surface area contributed by atoms with Crippen molar-refractivity contribution in [2.75, 3.05) is 6.61 Å². The fourth-order valence-corrected chi connectivity index (χ4v) is 6.44. The van der Waals surface area contributed by atoms with Gasteiger partial charge in [-0.25, -0.2) is 4.79 Å². The molecule has 3 aromatic rings. The van der Waals surface area contributed by atoms with Gasteiger partial charge in [0, 0.05) is 17.2 Å². The number of aromatic hydroxyl groups is 2. The summed E-state index contributed by atoms with van der Waals surface area (Å²) in [4.78, 5) is 27.0. The van der Waals surface area contributed by atoms with Crippen LogP contribution in [-0.2, 0) is 19.8 Å². The third-order valence-electron chi connectivity index (χ3n) is 8.93. The van der Waals surface area contributed by atoms with Crippen LogP contribution in [0.4, 0.5) is 0 Å². The minimum absolute atomic E-state index is 0.0357. The maximum atomic E-state index is 14.1. The second kappa shape index (κ2) is 12.9. The Morgan fingerprint density at radius 2 is 1.43 bits per heavy atom. The number of ether oxygens (including phenoxy) is 4. The van der Waals surface area contributed by atoms with Crippen molar-refractivity contribution in [2.24, 2.45) is 0 Å². The van der Waals surface area contributed by atoms with Gasteiger partial charge in [0.05, 0.1) is 23.3 Å². The molecule has 0 amide bonds. The Balaban J connectivity index is 1.49. The first-order chi connectivity index (χ1) is 23.2. The largest absolute Gasteiger partial charge is 0.508 e. The van der Waals surface area contributed by atoms with Crippen LogP contribution < -0.4 is 4.74 Å². The topological polar surface area (TPSA) is 273 Å². The summed E-state index contributed by atoms with van der Waals surface area (Å²) >= 11 is 0. The average molecular weight is 687 g/mol. The molecule has 2 heterocycles. The minimum Gasteiger partial charge on any atom is -0.508 e. The smallest absolute Gasteiger partial charge is 0.340 e. The molecule has 0 spiro atoms. The van der Waals surface area contributed by atoms with E-state index in [0.717, 1.165) is 12.1 Å². The normalized spacial score (nSPS) is 34.1. The SMILES string of the molecule is Cc1cc(OC2OC(CO)C(O)C(O)C2O)c2c(c1)C(O)(C1OC(OC(=O)c3ccccc3)C(O)C(O)C1O)c1cc(O)cc(O)c1C2=O. The number of rotatable bonds is 6. The molecule has 3 aliphatic rings. The zero-order chi connectivity index (χ0) is 35.5. The van der Waals surface area contributed by atoms with Crippen LogP contribution in [-0.4, -0.2) is 131 Å². The monoisotopic (exact) mass is 686 g/mol. The lowest BCUT2D eigenvalue weighted by molar-refractivity contribution is -0.308. The molecule has 0 radical (unpaired) electrons. The first kappa shape index (κ1) is 34.7. The maximum absolute atomic E-state index is 14.1. The summed E-state index contributed by atoms with van der Waals surface area (Å²) in [7, 11) is 0. The van der Waals surface area contributed by atoms with E-state index in [2.05, 4.69) is 0 Å². The van der Waals surface area contributed by atoms with Crippen molar-refractivity contribution in [1.82, 2.24) is 0 Å². The van der Waals surface area contributed by atoms with Gasteiger partial charge in [-0.3, -0.25) is 4.79 Å². The van der Waals surface area contributed by atoms with E-state index >= 15 is 0 Å².